The van der Waals surface area contributed by atoms with Crippen molar-refractivity contribution in [1.82, 2.24) is 0 Å². The maximum atomic E-state index is 11.4. The second-order valence-corrected chi connectivity index (χ2v) is 7.61. The van der Waals surface area contributed by atoms with E-state index in [0.717, 1.165) is 16.7 Å². The van der Waals surface area contributed by atoms with E-state index in [2.05, 4.69) is 0 Å². The van der Waals surface area contributed by atoms with Crippen molar-refractivity contribution in [1.29, 1.82) is 0 Å². The Kier molecular flexibility index (Phi) is 8.79. The third-order valence-corrected chi connectivity index (χ3v) is 5.28. The summed E-state index contributed by atoms with van der Waals surface area (Å²) < 4.78 is 0. The smallest absolute Gasteiger partial charge is 0.381 e. The van der Waals surface area contributed by atoms with Crippen molar-refractivity contribution >= 4 is 6.08 Å². The van der Waals surface area contributed by atoms with E-state index in [4.69, 9.17) is 0 Å². The Hall–Kier alpha value is -2.68. The van der Waals surface area contributed by atoms with E-state index in [-0.39, 0.29) is 17.1 Å². The quantitative estimate of drug-likeness (QED) is 0.288. The second kappa shape index (κ2) is 11.1. The van der Waals surface area contributed by atoms with Gasteiger partial charge in [0, 0.05) is 0 Å². The van der Waals surface area contributed by atoms with Crippen LogP contribution in [0.1, 0.15) is 30.5 Å². The Labute approximate surface area is 195 Å². The summed E-state index contributed by atoms with van der Waals surface area (Å²) in [6, 6.07) is 36.7. The summed E-state index contributed by atoms with van der Waals surface area (Å²) >= 11 is 0. The molecule has 0 spiro atoms. The van der Waals surface area contributed by atoms with Gasteiger partial charge in [0.25, 0.3) is 0 Å². The van der Waals surface area contributed by atoms with Crippen molar-refractivity contribution in [2.24, 2.45) is 0 Å². The number of hydrogen-bond donors (Lipinski definition) is 2. The molecule has 0 saturated heterocycles. The van der Waals surface area contributed by atoms with Crippen molar-refractivity contribution in [3.05, 3.63) is 138 Å². The molecule has 0 radical (unpaired) electrons. The van der Waals surface area contributed by atoms with Gasteiger partial charge in [0.15, 0.2) is 0 Å². The van der Waals surface area contributed by atoms with Crippen LogP contribution in [0, 0.1) is 0 Å². The Morgan fingerprint density at radius 3 is 1.52 bits per heavy atom. The first-order valence-corrected chi connectivity index (χ1v) is 10.1. The minimum atomic E-state index is -1.32. The monoisotopic (exact) mass is 452 g/mol. The molecule has 160 valence electrons. The second-order valence-electron chi connectivity index (χ2n) is 7.61. The summed E-state index contributed by atoms with van der Waals surface area (Å²) in [7, 11) is 0. The normalized spacial score (nSPS) is 14.1. The molecular weight excluding hydrogens is 424 g/mol. The molecule has 2 N–H and O–H groups in total. The average Bonchev–Trinajstić information content (AvgIpc) is 3.50. The first-order valence-electron chi connectivity index (χ1n) is 10.1. The van der Waals surface area contributed by atoms with E-state index in [1.807, 2.05) is 121 Å². The Bertz CT molecular complexity index is 943. The molecule has 0 aromatic heterocycles. The zero-order valence-corrected chi connectivity index (χ0v) is 18.9. The minimum absolute atomic E-state index is 0. The van der Waals surface area contributed by atoms with Gasteiger partial charge in [0.1, 0.15) is 11.2 Å². The molecule has 31 heavy (non-hydrogen) atoms. The predicted molar refractivity (Wildman–Crippen MR) is 124 cm³/mol. The number of aliphatic hydroxyl groups is 2. The molecule has 0 bridgehead atoms. The molecule has 2 nitrogen and oxygen atoms in total. The predicted octanol–water partition coefficient (Wildman–Crippen LogP) is 6.01. The van der Waals surface area contributed by atoms with Crippen LogP contribution in [0.3, 0.4) is 0 Å². The van der Waals surface area contributed by atoms with Crippen LogP contribution >= 0.6 is 0 Å². The first-order chi connectivity index (χ1) is 14.4. The van der Waals surface area contributed by atoms with Gasteiger partial charge >= 0.3 is 17.1 Å². The molecule has 0 aliphatic carbocycles. The van der Waals surface area contributed by atoms with Crippen molar-refractivity contribution in [2.75, 3.05) is 0 Å². The third-order valence-electron chi connectivity index (χ3n) is 5.28. The number of benzene rings is 2. The van der Waals surface area contributed by atoms with E-state index >= 15 is 0 Å². The minimum Gasteiger partial charge on any atom is -0.381 e. The molecular formula is C28H28FeO2. The third kappa shape index (κ3) is 6.16. The topological polar surface area (TPSA) is 40.5 Å². The van der Waals surface area contributed by atoms with Gasteiger partial charge < -0.3 is 10.2 Å². The molecule has 2 atom stereocenters. The molecule has 4 rings (SSSR count). The summed E-state index contributed by atoms with van der Waals surface area (Å²) in [6.45, 7) is 3.46. The van der Waals surface area contributed by atoms with E-state index < -0.39 is 11.2 Å². The molecule has 4 aromatic carbocycles. The van der Waals surface area contributed by atoms with Gasteiger partial charge in [-0.05, 0) is 30.5 Å². The summed E-state index contributed by atoms with van der Waals surface area (Å²) in [4.78, 5) is 0. The van der Waals surface area contributed by atoms with Gasteiger partial charge in [-0.15, -0.1) is 6.08 Å². The van der Waals surface area contributed by atoms with Crippen LogP contribution in [-0.2, 0) is 28.3 Å². The first kappa shape index (κ1) is 24.6. The van der Waals surface area contributed by atoms with E-state index in [9.17, 15) is 10.2 Å². The number of hydrogen-bond acceptors (Lipinski definition) is 2. The van der Waals surface area contributed by atoms with Crippen LogP contribution in [0.25, 0.3) is 6.08 Å². The molecule has 0 amide bonds. The van der Waals surface area contributed by atoms with Crippen LogP contribution < -0.4 is 0 Å². The largest absolute Gasteiger partial charge is 2.00 e. The summed E-state index contributed by atoms with van der Waals surface area (Å²) in [5.74, 6) is 0. The van der Waals surface area contributed by atoms with Gasteiger partial charge in [-0.3, -0.25) is 0 Å². The summed E-state index contributed by atoms with van der Waals surface area (Å²) in [5.41, 5.74) is 0.314. The fraction of sp³-hybridized carbons (Fsp3) is 0.143. The maximum Gasteiger partial charge on any atom is 2.00 e. The van der Waals surface area contributed by atoms with Crippen molar-refractivity contribution in [3.8, 4) is 0 Å². The zero-order valence-electron chi connectivity index (χ0n) is 17.8. The van der Waals surface area contributed by atoms with Crippen LogP contribution in [0.4, 0.5) is 0 Å². The molecule has 0 heterocycles. The molecule has 4 aromatic rings. The molecule has 0 saturated carbocycles. The SMILES string of the molecule is CC(O)(C(=Cc1cc[cH-]c1)C(C)(O)c1ccccc1)c1ccccc1.[Fe+2].c1cc[cH-]c1. The van der Waals surface area contributed by atoms with Gasteiger partial charge in [-0.2, -0.15) is 42.0 Å². The Balaban J connectivity index is 0.000000501. The number of rotatable bonds is 5. The molecule has 2 unspecified atom stereocenters. The Morgan fingerprint density at radius 2 is 1.16 bits per heavy atom. The summed E-state index contributed by atoms with van der Waals surface area (Å²) in [5, 5.41) is 22.8. The van der Waals surface area contributed by atoms with Crippen LogP contribution in [0.15, 0.2) is 121 Å². The molecule has 0 aliphatic rings. The van der Waals surface area contributed by atoms with Gasteiger partial charge in [-0.1, -0.05) is 60.7 Å². The molecule has 0 aliphatic heterocycles. The van der Waals surface area contributed by atoms with Gasteiger partial charge in [0.2, 0.25) is 0 Å². The molecule has 0 fully saturated rings. The van der Waals surface area contributed by atoms with E-state index in [1.54, 1.807) is 13.8 Å². The average molecular weight is 452 g/mol. The van der Waals surface area contributed by atoms with Crippen LogP contribution in [0.5, 0.6) is 0 Å². The van der Waals surface area contributed by atoms with Gasteiger partial charge in [0.05, 0.1) is 0 Å². The fourth-order valence-corrected chi connectivity index (χ4v) is 3.56. The van der Waals surface area contributed by atoms with E-state index in [0.29, 0.717) is 5.57 Å². The van der Waals surface area contributed by atoms with Gasteiger partial charge in [-0.25, -0.2) is 18.2 Å². The van der Waals surface area contributed by atoms with Crippen LogP contribution in [-0.4, -0.2) is 10.2 Å². The molecule has 3 heteroatoms. The van der Waals surface area contributed by atoms with Crippen molar-refractivity contribution < 1.29 is 27.3 Å². The maximum absolute atomic E-state index is 11.4. The standard InChI is InChI=1S/C23H23O2.C5H5.Fe/c1-22(24,19-13-5-3-6-14-19)21(17-18-11-9-10-12-18)23(2,25)20-15-7-4-8-16-20;1-2-4-5-3-1;/h3-17,24-25H,1-2H3;1-5H;/q2*-1;+2. The van der Waals surface area contributed by atoms with Crippen LogP contribution in [0.2, 0.25) is 0 Å². The summed E-state index contributed by atoms with van der Waals surface area (Å²) in [6.07, 6.45) is 1.88. The van der Waals surface area contributed by atoms with E-state index in [1.165, 1.54) is 0 Å². The van der Waals surface area contributed by atoms with Crippen molar-refractivity contribution in [3.63, 3.8) is 0 Å². The Morgan fingerprint density at radius 1 is 0.677 bits per heavy atom. The van der Waals surface area contributed by atoms with Crippen molar-refractivity contribution in [2.45, 2.75) is 25.0 Å². The zero-order chi connectivity index (χ0) is 21.5. The fourth-order valence-electron chi connectivity index (χ4n) is 3.56.